The molecular weight excluding hydrogens is 374 g/mol. The molecule has 6 heteroatoms. The second-order valence-corrected chi connectivity index (χ2v) is 7.34. The van der Waals surface area contributed by atoms with Crippen molar-refractivity contribution in [2.75, 3.05) is 19.0 Å². The van der Waals surface area contributed by atoms with Crippen LogP contribution in [-0.2, 0) is 17.8 Å². The maximum atomic E-state index is 12.6. The van der Waals surface area contributed by atoms with E-state index in [2.05, 4.69) is 33.1 Å². The second kappa shape index (κ2) is 8.78. The summed E-state index contributed by atoms with van der Waals surface area (Å²) < 4.78 is 2.13. The molecule has 0 atom stereocenters. The highest BCUT2D eigenvalue weighted by molar-refractivity contribution is 5.79. The van der Waals surface area contributed by atoms with Crippen molar-refractivity contribution in [2.24, 2.45) is 0 Å². The van der Waals surface area contributed by atoms with Gasteiger partial charge in [-0.05, 0) is 30.3 Å². The van der Waals surface area contributed by atoms with Crippen molar-refractivity contribution in [3.05, 3.63) is 84.3 Å². The molecule has 152 valence electrons. The third kappa shape index (κ3) is 4.17. The molecular formula is C24H25N5O. The van der Waals surface area contributed by atoms with Crippen LogP contribution in [0.1, 0.15) is 17.8 Å². The first-order chi connectivity index (χ1) is 14.6. The maximum Gasteiger partial charge on any atom is 0.220 e. The molecule has 0 fully saturated rings. The van der Waals surface area contributed by atoms with Gasteiger partial charge in [0.1, 0.15) is 11.6 Å². The summed E-state index contributed by atoms with van der Waals surface area (Å²) in [5.74, 6) is 1.74. The first-order valence-electron chi connectivity index (χ1n) is 10.0. The van der Waals surface area contributed by atoms with E-state index in [1.807, 2.05) is 67.5 Å². The fourth-order valence-electron chi connectivity index (χ4n) is 3.59. The van der Waals surface area contributed by atoms with E-state index < -0.39 is 0 Å². The molecule has 0 aliphatic carbocycles. The van der Waals surface area contributed by atoms with Gasteiger partial charge < -0.3 is 10.2 Å². The molecule has 0 radical (unpaired) electrons. The number of carbonyl (C=O) groups excluding carboxylic acids is 1. The summed E-state index contributed by atoms with van der Waals surface area (Å²) in [5.41, 5.74) is 4.02. The van der Waals surface area contributed by atoms with Crippen LogP contribution in [0.5, 0.6) is 0 Å². The standard InChI is InChI=1S/C24H25N5O/c1-28(2)24-18(9-8-16-25-24)17-26-23(30)15-14-22-27-20-12-6-7-13-21(20)29(22)19-10-4-3-5-11-19/h3-13,16H,14-15,17H2,1-2H3,(H,26,30). The lowest BCUT2D eigenvalue weighted by Gasteiger charge is -2.16. The molecule has 2 aromatic carbocycles. The van der Waals surface area contributed by atoms with Crippen molar-refractivity contribution in [3.63, 3.8) is 0 Å². The van der Waals surface area contributed by atoms with Gasteiger partial charge in [0.25, 0.3) is 0 Å². The van der Waals surface area contributed by atoms with Crippen molar-refractivity contribution in [1.29, 1.82) is 0 Å². The minimum absolute atomic E-state index is 0.00442. The smallest absolute Gasteiger partial charge is 0.220 e. The number of hydrogen-bond donors (Lipinski definition) is 1. The number of pyridine rings is 1. The van der Waals surface area contributed by atoms with E-state index in [1.54, 1.807) is 6.20 Å². The Morgan fingerprint density at radius 1 is 1.00 bits per heavy atom. The molecule has 0 bridgehead atoms. The molecule has 2 heterocycles. The van der Waals surface area contributed by atoms with Gasteiger partial charge in [-0.1, -0.05) is 36.4 Å². The summed E-state index contributed by atoms with van der Waals surface area (Å²) in [5, 5.41) is 3.01. The molecule has 30 heavy (non-hydrogen) atoms. The lowest BCUT2D eigenvalue weighted by Crippen LogP contribution is -2.25. The summed E-state index contributed by atoms with van der Waals surface area (Å²) in [6.45, 7) is 0.454. The van der Waals surface area contributed by atoms with E-state index in [9.17, 15) is 4.79 Å². The molecule has 1 N–H and O–H groups in total. The summed E-state index contributed by atoms with van der Waals surface area (Å²) in [6, 6.07) is 22.1. The normalized spacial score (nSPS) is 10.9. The Morgan fingerprint density at radius 2 is 1.77 bits per heavy atom. The quantitative estimate of drug-likeness (QED) is 0.514. The molecule has 4 aromatic rings. The topological polar surface area (TPSA) is 63.1 Å². The number of para-hydroxylation sites is 3. The van der Waals surface area contributed by atoms with Gasteiger partial charge in [-0.25, -0.2) is 9.97 Å². The van der Waals surface area contributed by atoms with Crippen molar-refractivity contribution in [2.45, 2.75) is 19.4 Å². The Bertz CT molecular complexity index is 1150. The van der Waals surface area contributed by atoms with Crippen LogP contribution in [0.3, 0.4) is 0 Å². The average Bonchev–Trinajstić information content (AvgIpc) is 3.15. The minimum atomic E-state index is -0.00442. The van der Waals surface area contributed by atoms with Crippen LogP contribution in [-0.4, -0.2) is 34.5 Å². The molecule has 0 aliphatic rings. The van der Waals surface area contributed by atoms with Crippen LogP contribution in [0.4, 0.5) is 5.82 Å². The van der Waals surface area contributed by atoms with E-state index in [0.29, 0.717) is 19.4 Å². The third-order valence-electron chi connectivity index (χ3n) is 4.99. The van der Waals surface area contributed by atoms with E-state index >= 15 is 0 Å². The maximum absolute atomic E-state index is 12.6. The van der Waals surface area contributed by atoms with Crippen LogP contribution >= 0.6 is 0 Å². The van der Waals surface area contributed by atoms with Crippen LogP contribution in [0.25, 0.3) is 16.7 Å². The number of benzene rings is 2. The number of carbonyl (C=O) groups is 1. The number of hydrogen-bond acceptors (Lipinski definition) is 4. The largest absolute Gasteiger partial charge is 0.362 e. The number of aryl methyl sites for hydroxylation is 1. The predicted molar refractivity (Wildman–Crippen MR) is 120 cm³/mol. The highest BCUT2D eigenvalue weighted by Gasteiger charge is 2.14. The van der Waals surface area contributed by atoms with Gasteiger partial charge in [-0.3, -0.25) is 9.36 Å². The summed E-state index contributed by atoms with van der Waals surface area (Å²) >= 11 is 0. The summed E-state index contributed by atoms with van der Waals surface area (Å²) in [4.78, 5) is 23.7. The van der Waals surface area contributed by atoms with Crippen molar-refractivity contribution in [1.82, 2.24) is 19.9 Å². The highest BCUT2D eigenvalue weighted by atomic mass is 16.1. The molecule has 0 saturated carbocycles. The summed E-state index contributed by atoms with van der Waals surface area (Å²) in [6.07, 6.45) is 2.69. The average molecular weight is 399 g/mol. The number of nitrogens with one attached hydrogen (secondary N) is 1. The van der Waals surface area contributed by atoms with Crippen molar-refractivity contribution >= 4 is 22.8 Å². The zero-order chi connectivity index (χ0) is 20.9. The monoisotopic (exact) mass is 399 g/mol. The Morgan fingerprint density at radius 3 is 2.57 bits per heavy atom. The minimum Gasteiger partial charge on any atom is -0.362 e. The van der Waals surface area contributed by atoms with Gasteiger partial charge in [0, 0.05) is 50.9 Å². The number of rotatable bonds is 7. The molecule has 1 amide bonds. The van der Waals surface area contributed by atoms with Gasteiger partial charge >= 0.3 is 0 Å². The van der Waals surface area contributed by atoms with E-state index in [1.165, 1.54) is 0 Å². The van der Waals surface area contributed by atoms with Crippen LogP contribution in [0.2, 0.25) is 0 Å². The Balaban J connectivity index is 1.48. The second-order valence-electron chi connectivity index (χ2n) is 7.34. The van der Waals surface area contributed by atoms with Gasteiger partial charge in [0.05, 0.1) is 11.0 Å². The van der Waals surface area contributed by atoms with Gasteiger partial charge in [-0.2, -0.15) is 0 Å². The van der Waals surface area contributed by atoms with E-state index in [4.69, 9.17) is 4.98 Å². The molecule has 2 aromatic heterocycles. The first-order valence-corrected chi connectivity index (χ1v) is 10.0. The Labute approximate surface area is 176 Å². The zero-order valence-corrected chi connectivity index (χ0v) is 17.2. The van der Waals surface area contributed by atoms with E-state index in [-0.39, 0.29) is 5.91 Å². The molecule has 6 nitrogen and oxygen atoms in total. The fourth-order valence-corrected chi connectivity index (χ4v) is 3.59. The highest BCUT2D eigenvalue weighted by Crippen LogP contribution is 2.22. The van der Waals surface area contributed by atoms with Crippen molar-refractivity contribution in [3.8, 4) is 5.69 Å². The first kappa shape index (κ1) is 19.6. The Hall–Kier alpha value is -3.67. The SMILES string of the molecule is CN(C)c1ncccc1CNC(=O)CCc1nc2ccccc2n1-c1ccccc1. The van der Waals surface area contributed by atoms with Crippen LogP contribution in [0.15, 0.2) is 72.9 Å². The molecule has 4 rings (SSSR count). The number of imidazole rings is 1. The van der Waals surface area contributed by atoms with Gasteiger partial charge in [0.15, 0.2) is 0 Å². The lowest BCUT2D eigenvalue weighted by molar-refractivity contribution is -0.121. The predicted octanol–water partition coefficient (Wildman–Crippen LogP) is 3.74. The molecule has 0 aliphatic heterocycles. The van der Waals surface area contributed by atoms with Gasteiger partial charge in [0.2, 0.25) is 5.91 Å². The lowest BCUT2D eigenvalue weighted by atomic mass is 10.2. The van der Waals surface area contributed by atoms with Crippen molar-refractivity contribution < 1.29 is 4.79 Å². The van der Waals surface area contributed by atoms with E-state index in [0.717, 1.165) is 33.9 Å². The number of anilines is 1. The Kier molecular flexibility index (Phi) is 5.75. The van der Waals surface area contributed by atoms with Gasteiger partial charge in [-0.15, -0.1) is 0 Å². The number of amides is 1. The summed E-state index contributed by atoms with van der Waals surface area (Å²) in [7, 11) is 3.89. The molecule has 0 unspecified atom stereocenters. The fraction of sp³-hybridized carbons (Fsp3) is 0.208. The van der Waals surface area contributed by atoms with Crippen LogP contribution in [0, 0.1) is 0 Å². The zero-order valence-electron chi connectivity index (χ0n) is 17.2. The van der Waals surface area contributed by atoms with Crippen LogP contribution < -0.4 is 10.2 Å². The molecule has 0 saturated heterocycles. The third-order valence-corrected chi connectivity index (χ3v) is 4.99. The number of nitrogens with zero attached hydrogens (tertiary/aromatic N) is 4. The number of aromatic nitrogens is 3. The molecule has 0 spiro atoms. The number of fused-ring (bicyclic) bond motifs is 1.